The van der Waals surface area contributed by atoms with E-state index in [1.54, 1.807) is 0 Å². The molecular formula is C17H19F3N2O2. The molecule has 0 saturated carbocycles. The quantitative estimate of drug-likeness (QED) is 0.678. The predicted molar refractivity (Wildman–Crippen MR) is 81.3 cm³/mol. The first-order chi connectivity index (χ1) is 11.3. The summed E-state index contributed by atoms with van der Waals surface area (Å²) in [6.07, 6.45) is -4.14. The van der Waals surface area contributed by atoms with E-state index >= 15 is 0 Å². The molecule has 0 heterocycles. The molecule has 0 spiro atoms. The van der Waals surface area contributed by atoms with E-state index in [4.69, 9.17) is 20.0 Å². The minimum Gasteiger partial charge on any atom is -0.475 e. The van der Waals surface area contributed by atoms with Crippen molar-refractivity contribution in [1.82, 2.24) is 0 Å². The van der Waals surface area contributed by atoms with Crippen LogP contribution in [0.4, 0.5) is 13.2 Å². The van der Waals surface area contributed by atoms with E-state index in [1.165, 1.54) is 6.07 Å². The number of benzene rings is 1. The molecule has 0 aliphatic rings. The number of halogens is 3. The molecule has 0 radical (unpaired) electrons. The highest BCUT2D eigenvalue weighted by molar-refractivity contribution is 5.40. The molecule has 0 saturated heterocycles. The van der Waals surface area contributed by atoms with Crippen molar-refractivity contribution in [3.63, 3.8) is 0 Å². The van der Waals surface area contributed by atoms with Crippen LogP contribution in [0.2, 0.25) is 0 Å². The van der Waals surface area contributed by atoms with Gasteiger partial charge in [0.2, 0.25) is 0 Å². The average Bonchev–Trinajstić information content (AvgIpc) is 2.53. The molecular weight excluding hydrogens is 321 g/mol. The van der Waals surface area contributed by atoms with Crippen molar-refractivity contribution < 1.29 is 22.6 Å². The van der Waals surface area contributed by atoms with E-state index in [-0.39, 0.29) is 11.5 Å². The summed E-state index contributed by atoms with van der Waals surface area (Å²) in [5.74, 6) is -0.207. The summed E-state index contributed by atoms with van der Waals surface area (Å²) in [5.41, 5.74) is -0.948. The van der Waals surface area contributed by atoms with Gasteiger partial charge in [0.25, 0.3) is 0 Å². The van der Waals surface area contributed by atoms with E-state index in [2.05, 4.69) is 0 Å². The summed E-state index contributed by atoms with van der Waals surface area (Å²) in [4.78, 5) is 0. The van der Waals surface area contributed by atoms with Crippen LogP contribution in [0.1, 0.15) is 45.1 Å². The Hall–Kier alpha value is -2.41. The Morgan fingerprint density at radius 1 is 0.917 bits per heavy atom. The molecule has 2 atom stereocenters. The number of alkyl halides is 3. The minimum absolute atomic E-state index is 0.104. The molecule has 0 N–H and O–H groups in total. The minimum atomic E-state index is -4.59. The monoisotopic (exact) mass is 340 g/mol. The van der Waals surface area contributed by atoms with Crippen LogP contribution < -0.4 is 9.47 Å². The Labute approximate surface area is 139 Å². The van der Waals surface area contributed by atoms with Crippen molar-refractivity contribution in [3.8, 4) is 23.6 Å². The Morgan fingerprint density at radius 3 is 1.62 bits per heavy atom. The number of hydrogen-bond acceptors (Lipinski definition) is 4. The van der Waals surface area contributed by atoms with E-state index in [9.17, 15) is 13.2 Å². The molecule has 0 fully saturated rings. The second-order valence-corrected chi connectivity index (χ2v) is 5.24. The third kappa shape index (κ3) is 6.00. The molecule has 1 aromatic carbocycles. The fourth-order valence-electron chi connectivity index (χ4n) is 2.02. The molecule has 0 aliphatic carbocycles. The zero-order valence-electron chi connectivity index (χ0n) is 13.6. The largest absolute Gasteiger partial charge is 0.475 e. The van der Waals surface area contributed by atoms with Crippen molar-refractivity contribution >= 4 is 0 Å². The topological polar surface area (TPSA) is 66.0 Å². The predicted octanol–water partition coefficient (Wildman–Crippen LogP) is 4.85. The lowest BCUT2D eigenvalue weighted by atomic mass is 10.1. The van der Waals surface area contributed by atoms with Gasteiger partial charge in [-0.15, -0.1) is 0 Å². The molecule has 4 nitrogen and oxygen atoms in total. The van der Waals surface area contributed by atoms with Gasteiger partial charge in [-0.05, 0) is 25.0 Å². The van der Waals surface area contributed by atoms with Gasteiger partial charge in [0.15, 0.2) is 12.2 Å². The molecule has 24 heavy (non-hydrogen) atoms. The van der Waals surface area contributed by atoms with Crippen LogP contribution in [-0.2, 0) is 6.18 Å². The molecule has 7 heteroatoms. The van der Waals surface area contributed by atoms with Gasteiger partial charge < -0.3 is 9.47 Å². The van der Waals surface area contributed by atoms with Gasteiger partial charge in [0.1, 0.15) is 23.6 Å². The van der Waals surface area contributed by atoms with Crippen LogP contribution in [-0.4, -0.2) is 12.2 Å². The molecule has 0 aromatic heterocycles. The molecule has 1 rings (SSSR count). The summed E-state index contributed by atoms with van der Waals surface area (Å²) in [5, 5.41) is 18.0. The molecule has 2 unspecified atom stereocenters. The highest BCUT2D eigenvalue weighted by atomic mass is 19.4. The van der Waals surface area contributed by atoms with Gasteiger partial charge in [-0.1, -0.05) is 26.7 Å². The third-order valence-corrected chi connectivity index (χ3v) is 3.15. The lowest BCUT2D eigenvalue weighted by Gasteiger charge is -2.17. The van der Waals surface area contributed by atoms with E-state index in [0.29, 0.717) is 25.7 Å². The van der Waals surface area contributed by atoms with Crippen LogP contribution in [0, 0.1) is 22.7 Å². The maximum absolute atomic E-state index is 13.0. The summed E-state index contributed by atoms with van der Waals surface area (Å²) in [6, 6.07) is 6.74. The summed E-state index contributed by atoms with van der Waals surface area (Å²) in [6.45, 7) is 3.69. The molecule has 0 bridgehead atoms. The summed E-state index contributed by atoms with van der Waals surface area (Å²) in [7, 11) is 0. The second kappa shape index (κ2) is 9.02. The lowest BCUT2D eigenvalue weighted by molar-refractivity contribution is -0.137. The number of nitrogens with zero attached hydrogens (tertiary/aromatic N) is 2. The van der Waals surface area contributed by atoms with E-state index < -0.39 is 23.9 Å². The van der Waals surface area contributed by atoms with Crippen LogP contribution in [0.15, 0.2) is 18.2 Å². The SMILES string of the molecule is CCCC(C#N)Oc1cc(OC(C#N)CCC)cc(C(F)(F)F)c1. The first-order valence-corrected chi connectivity index (χ1v) is 7.68. The molecule has 130 valence electrons. The van der Waals surface area contributed by atoms with Crippen molar-refractivity contribution in [3.05, 3.63) is 23.8 Å². The normalized spacial score (nSPS) is 13.5. The van der Waals surface area contributed by atoms with Crippen molar-refractivity contribution in [2.45, 2.75) is 57.9 Å². The first-order valence-electron chi connectivity index (χ1n) is 7.68. The Balaban J connectivity index is 3.13. The van der Waals surface area contributed by atoms with Crippen molar-refractivity contribution in [2.24, 2.45) is 0 Å². The van der Waals surface area contributed by atoms with Crippen molar-refractivity contribution in [2.75, 3.05) is 0 Å². The van der Waals surface area contributed by atoms with E-state index in [1.807, 2.05) is 26.0 Å². The van der Waals surface area contributed by atoms with Gasteiger partial charge in [-0.2, -0.15) is 23.7 Å². The van der Waals surface area contributed by atoms with Crippen LogP contribution in [0.25, 0.3) is 0 Å². The fourth-order valence-corrected chi connectivity index (χ4v) is 2.02. The van der Waals surface area contributed by atoms with Gasteiger partial charge in [0.05, 0.1) is 5.56 Å². The molecule has 0 aliphatic heterocycles. The first kappa shape index (κ1) is 19.6. The molecule has 0 amide bonds. The smallest absolute Gasteiger partial charge is 0.416 e. The zero-order chi connectivity index (χ0) is 18.2. The van der Waals surface area contributed by atoms with Gasteiger partial charge >= 0.3 is 6.18 Å². The van der Waals surface area contributed by atoms with Gasteiger partial charge in [0, 0.05) is 6.07 Å². The zero-order valence-corrected chi connectivity index (χ0v) is 13.6. The van der Waals surface area contributed by atoms with Crippen molar-refractivity contribution in [1.29, 1.82) is 10.5 Å². The highest BCUT2D eigenvalue weighted by Crippen LogP contribution is 2.35. The summed E-state index contributed by atoms with van der Waals surface area (Å²) >= 11 is 0. The maximum atomic E-state index is 13.0. The number of nitriles is 2. The number of ether oxygens (including phenoxy) is 2. The number of hydrogen-bond donors (Lipinski definition) is 0. The lowest BCUT2D eigenvalue weighted by Crippen LogP contribution is -2.16. The Morgan fingerprint density at radius 2 is 1.33 bits per heavy atom. The third-order valence-electron chi connectivity index (χ3n) is 3.15. The Kier molecular flexibility index (Phi) is 7.38. The fraction of sp³-hybridized carbons (Fsp3) is 0.529. The Bertz CT molecular complexity index is 573. The average molecular weight is 340 g/mol. The van der Waals surface area contributed by atoms with Crippen LogP contribution in [0.3, 0.4) is 0 Å². The number of rotatable bonds is 8. The van der Waals surface area contributed by atoms with Gasteiger partial charge in [-0.3, -0.25) is 0 Å². The highest BCUT2D eigenvalue weighted by Gasteiger charge is 2.32. The summed E-state index contributed by atoms with van der Waals surface area (Å²) < 4.78 is 49.8. The molecule has 1 aromatic rings. The van der Waals surface area contributed by atoms with E-state index in [0.717, 1.165) is 12.1 Å². The van der Waals surface area contributed by atoms with Gasteiger partial charge in [-0.25, -0.2) is 0 Å². The standard InChI is InChI=1S/C17H19F3N2O2/c1-3-5-13(10-21)23-15-7-12(17(18,19)20)8-16(9-15)24-14(11-22)6-4-2/h7-9,13-14H,3-6H2,1-2H3. The second-order valence-electron chi connectivity index (χ2n) is 5.24. The van der Waals surface area contributed by atoms with Crippen LogP contribution >= 0.6 is 0 Å². The maximum Gasteiger partial charge on any atom is 0.416 e. The van der Waals surface area contributed by atoms with Crippen LogP contribution in [0.5, 0.6) is 11.5 Å².